The van der Waals surface area contributed by atoms with Gasteiger partial charge in [-0.2, -0.15) is 0 Å². The number of hydrogen-bond acceptors (Lipinski definition) is 4. The minimum absolute atomic E-state index is 0.0626. The number of hydrogen-bond donors (Lipinski definition) is 1. The molecule has 1 fully saturated rings. The molecule has 0 aliphatic carbocycles. The molecule has 4 nitrogen and oxygen atoms in total. The summed E-state index contributed by atoms with van der Waals surface area (Å²) in [5, 5.41) is 10.0. The normalized spacial score (nSPS) is 16.7. The van der Waals surface area contributed by atoms with E-state index in [-0.39, 0.29) is 17.8 Å². The average molecular weight is 357 g/mol. The Balaban J connectivity index is 1.66. The van der Waals surface area contributed by atoms with Gasteiger partial charge < -0.3 is 14.7 Å². The number of benzene rings is 2. The molecule has 3 rings (SSSR count). The van der Waals surface area contributed by atoms with E-state index in [0.717, 1.165) is 29.9 Å². The van der Waals surface area contributed by atoms with Crippen molar-refractivity contribution in [2.75, 3.05) is 18.9 Å². The Morgan fingerprint density at radius 3 is 2.64 bits per heavy atom. The lowest BCUT2D eigenvalue weighted by Crippen LogP contribution is -2.38. The molecule has 1 amide bonds. The smallest absolute Gasteiger partial charge is 0.233 e. The number of thioether (sulfide) groups is 1. The van der Waals surface area contributed by atoms with E-state index >= 15 is 0 Å². The van der Waals surface area contributed by atoms with Gasteiger partial charge in [-0.1, -0.05) is 36.4 Å². The third kappa shape index (κ3) is 5.25. The lowest BCUT2D eigenvalue weighted by Gasteiger charge is -2.26. The monoisotopic (exact) mass is 357 g/mol. The van der Waals surface area contributed by atoms with Gasteiger partial charge in [-0.15, -0.1) is 11.8 Å². The predicted molar refractivity (Wildman–Crippen MR) is 99.7 cm³/mol. The van der Waals surface area contributed by atoms with Crippen LogP contribution in [0.15, 0.2) is 59.5 Å². The zero-order chi connectivity index (χ0) is 17.5. The van der Waals surface area contributed by atoms with Crippen molar-refractivity contribution in [1.29, 1.82) is 0 Å². The van der Waals surface area contributed by atoms with Gasteiger partial charge in [0.2, 0.25) is 5.91 Å². The summed E-state index contributed by atoms with van der Waals surface area (Å²) in [6.07, 6.45) is 2.12. The van der Waals surface area contributed by atoms with Gasteiger partial charge in [-0.3, -0.25) is 4.79 Å². The van der Waals surface area contributed by atoms with E-state index in [1.54, 1.807) is 17.0 Å². The first kappa shape index (κ1) is 17.8. The van der Waals surface area contributed by atoms with Crippen molar-refractivity contribution >= 4 is 17.7 Å². The highest BCUT2D eigenvalue weighted by Gasteiger charge is 2.23. The third-order valence-corrected chi connectivity index (χ3v) is 5.26. The van der Waals surface area contributed by atoms with Crippen molar-refractivity contribution in [3.63, 3.8) is 0 Å². The quantitative estimate of drug-likeness (QED) is 0.768. The van der Waals surface area contributed by atoms with Gasteiger partial charge in [-0.05, 0) is 31.0 Å². The number of nitrogens with zero attached hydrogens (tertiary/aromatic N) is 1. The Morgan fingerprint density at radius 1 is 1.16 bits per heavy atom. The number of carbonyl (C=O) groups excluding carboxylic acids is 1. The highest BCUT2D eigenvalue weighted by atomic mass is 32.2. The first-order valence-corrected chi connectivity index (χ1v) is 9.55. The minimum Gasteiger partial charge on any atom is -0.508 e. The first-order valence-electron chi connectivity index (χ1n) is 8.56. The Hall–Kier alpha value is -1.98. The SMILES string of the molecule is O=C(CSc1ccccc1)N(Cc1ccccc1O)CC1CCCO1. The lowest BCUT2D eigenvalue weighted by atomic mass is 10.1. The number of aromatic hydroxyl groups is 1. The number of ether oxygens (including phenoxy) is 1. The van der Waals surface area contributed by atoms with Gasteiger partial charge in [0.25, 0.3) is 0 Å². The average Bonchev–Trinajstić information content (AvgIpc) is 3.15. The summed E-state index contributed by atoms with van der Waals surface area (Å²) in [7, 11) is 0. The molecule has 0 spiro atoms. The number of phenols is 1. The van der Waals surface area contributed by atoms with E-state index in [9.17, 15) is 9.90 Å². The summed E-state index contributed by atoms with van der Waals surface area (Å²) >= 11 is 1.54. The summed E-state index contributed by atoms with van der Waals surface area (Å²) in [5.74, 6) is 0.667. The maximum atomic E-state index is 12.8. The van der Waals surface area contributed by atoms with E-state index in [1.165, 1.54) is 11.8 Å². The zero-order valence-corrected chi connectivity index (χ0v) is 15.0. The highest BCUT2D eigenvalue weighted by Crippen LogP contribution is 2.22. The molecule has 1 N–H and O–H groups in total. The summed E-state index contributed by atoms with van der Waals surface area (Å²) in [4.78, 5) is 15.7. The van der Waals surface area contributed by atoms with Crippen molar-refractivity contribution in [2.24, 2.45) is 0 Å². The van der Waals surface area contributed by atoms with Crippen LogP contribution in [0.2, 0.25) is 0 Å². The molecule has 1 heterocycles. The van der Waals surface area contributed by atoms with Crippen LogP contribution in [-0.2, 0) is 16.1 Å². The lowest BCUT2D eigenvalue weighted by molar-refractivity contribution is -0.130. The number of phenolic OH excluding ortho intramolecular Hbond substituents is 1. The maximum absolute atomic E-state index is 12.8. The van der Waals surface area contributed by atoms with Gasteiger partial charge in [0.05, 0.1) is 11.9 Å². The van der Waals surface area contributed by atoms with Crippen molar-refractivity contribution < 1.29 is 14.6 Å². The van der Waals surface area contributed by atoms with Crippen LogP contribution in [0.5, 0.6) is 5.75 Å². The van der Waals surface area contributed by atoms with Crippen LogP contribution in [0.3, 0.4) is 0 Å². The molecular formula is C20H23NO3S. The van der Waals surface area contributed by atoms with E-state index < -0.39 is 0 Å². The second-order valence-corrected chi connectivity index (χ2v) is 7.19. The van der Waals surface area contributed by atoms with Crippen LogP contribution in [-0.4, -0.2) is 40.9 Å². The molecule has 1 aliphatic rings. The fourth-order valence-electron chi connectivity index (χ4n) is 2.89. The van der Waals surface area contributed by atoms with Gasteiger partial charge in [0.15, 0.2) is 0 Å². The summed E-state index contributed by atoms with van der Waals surface area (Å²) < 4.78 is 5.70. The molecule has 0 saturated carbocycles. The largest absolute Gasteiger partial charge is 0.508 e. The molecule has 0 radical (unpaired) electrons. The van der Waals surface area contributed by atoms with Crippen LogP contribution in [0, 0.1) is 0 Å². The van der Waals surface area contributed by atoms with Crippen molar-refractivity contribution in [2.45, 2.75) is 30.4 Å². The highest BCUT2D eigenvalue weighted by molar-refractivity contribution is 8.00. The summed E-state index contributed by atoms with van der Waals surface area (Å²) in [6.45, 7) is 1.74. The third-order valence-electron chi connectivity index (χ3n) is 4.26. The standard InChI is InChI=1S/C20H23NO3S/c22-19-11-5-4-7-16(19)13-21(14-17-8-6-12-24-17)20(23)15-25-18-9-2-1-3-10-18/h1-5,7,9-11,17,22H,6,8,12-15H2. The van der Waals surface area contributed by atoms with Gasteiger partial charge in [0, 0.05) is 30.2 Å². The molecule has 1 unspecified atom stereocenters. The van der Waals surface area contributed by atoms with Crippen LogP contribution in [0.4, 0.5) is 0 Å². The van der Waals surface area contributed by atoms with Crippen LogP contribution in [0.1, 0.15) is 18.4 Å². The Labute approximate surface area is 152 Å². The second-order valence-electron chi connectivity index (χ2n) is 6.14. The second kappa shape index (κ2) is 8.92. The number of para-hydroxylation sites is 1. The molecule has 2 aromatic rings. The first-order chi connectivity index (χ1) is 12.2. The van der Waals surface area contributed by atoms with Crippen molar-refractivity contribution in [3.8, 4) is 5.75 Å². The Kier molecular flexibility index (Phi) is 6.36. The minimum atomic E-state index is 0.0626. The zero-order valence-electron chi connectivity index (χ0n) is 14.1. The van der Waals surface area contributed by atoms with E-state index in [0.29, 0.717) is 18.8 Å². The number of rotatable bonds is 7. The molecule has 25 heavy (non-hydrogen) atoms. The Morgan fingerprint density at radius 2 is 1.92 bits per heavy atom. The van der Waals surface area contributed by atoms with Crippen LogP contribution >= 0.6 is 11.8 Å². The van der Waals surface area contributed by atoms with Gasteiger partial charge in [0.1, 0.15) is 5.75 Å². The van der Waals surface area contributed by atoms with E-state index in [4.69, 9.17) is 4.74 Å². The summed E-state index contributed by atoms with van der Waals surface area (Å²) in [5.41, 5.74) is 0.763. The molecule has 1 atom stereocenters. The molecule has 0 bridgehead atoms. The predicted octanol–water partition coefficient (Wildman–Crippen LogP) is 3.69. The molecule has 5 heteroatoms. The Bertz CT molecular complexity index is 686. The van der Waals surface area contributed by atoms with Crippen molar-refractivity contribution in [3.05, 3.63) is 60.2 Å². The summed E-state index contributed by atoms with van der Waals surface area (Å²) in [6, 6.07) is 17.1. The fraction of sp³-hybridized carbons (Fsp3) is 0.350. The van der Waals surface area contributed by atoms with Crippen LogP contribution < -0.4 is 0 Å². The molecule has 132 valence electrons. The topological polar surface area (TPSA) is 49.8 Å². The number of amides is 1. The molecule has 1 aliphatic heterocycles. The maximum Gasteiger partial charge on any atom is 0.233 e. The molecule has 2 aromatic carbocycles. The van der Waals surface area contributed by atoms with Crippen molar-refractivity contribution in [1.82, 2.24) is 4.90 Å². The van der Waals surface area contributed by atoms with Gasteiger partial charge in [-0.25, -0.2) is 0 Å². The van der Waals surface area contributed by atoms with Crippen LogP contribution in [0.25, 0.3) is 0 Å². The van der Waals surface area contributed by atoms with Gasteiger partial charge >= 0.3 is 0 Å². The molecular weight excluding hydrogens is 334 g/mol. The molecule has 0 aromatic heterocycles. The number of carbonyl (C=O) groups is 1. The molecule has 1 saturated heterocycles. The fourth-order valence-corrected chi connectivity index (χ4v) is 3.71. The van der Waals surface area contributed by atoms with E-state index in [2.05, 4.69) is 0 Å². The van der Waals surface area contributed by atoms with E-state index in [1.807, 2.05) is 42.5 Å².